The summed E-state index contributed by atoms with van der Waals surface area (Å²) in [7, 11) is 1.37. The summed E-state index contributed by atoms with van der Waals surface area (Å²) in [5.74, 6) is -1.62. The van der Waals surface area contributed by atoms with Crippen molar-refractivity contribution in [3.8, 4) is 5.75 Å². The van der Waals surface area contributed by atoms with Crippen molar-refractivity contribution in [1.82, 2.24) is 5.32 Å². The molecule has 176 valence electrons. The highest BCUT2D eigenvalue weighted by atomic mass is 35.5. The second-order valence-corrected chi connectivity index (χ2v) is 7.76. The number of halogens is 1. The maximum atomic E-state index is 12.8. The predicted octanol–water partition coefficient (Wildman–Crippen LogP) is 4.22. The average molecular weight is 482 g/mol. The van der Waals surface area contributed by atoms with Gasteiger partial charge in [0.25, 0.3) is 11.8 Å². The van der Waals surface area contributed by atoms with Crippen molar-refractivity contribution in [2.24, 2.45) is 0 Å². The highest BCUT2D eigenvalue weighted by Gasteiger charge is 2.19. The Hall–Kier alpha value is -4.04. The molecule has 0 spiro atoms. The SMILES string of the molecule is COc1cc(N)c(Cl)cc1C(=O)OCC(=O)Nc1ccccc1C(=O)NC(C)c1ccccc1. The van der Waals surface area contributed by atoms with Crippen molar-refractivity contribution < 1.29 is 23.9 Å². The van der Waals surface area contributed by atoms with Gasteiger partial charge in [-0.1, -0.05) is 54.1 Å². The third kappa shape index (κ3) is 6.05. The summed E-state index contributed by atoms with van der Waals surface area (Å²) in [5.41, 5.74) is 7.49. The van der Waals surface area contributed by atoms with Gasteiger partial charge in [0.15, 0.2) is 6.61 Å². The second kappa shape index (κ2) is 11.2. The minimum atomic E-state index is -0.809. The largest absolute Gasteiger partial charge is 0.496 e. The molecule has 3 aromatic rings. The first-order valence-electron chi connectivity index (χ1n) is 10.3. The van der Waals surface area contributed by atoms with Crippen LogP contribution in [0.1, 0.15) is 39.2 Å². The topological polar surface area (TPSA) is 120 Å². The highest BCUT2D eigenvalue weighted by Crippen LogP contribution is 2.29. The lowest BCUT2D eigenvalue weighted by molar-refractivity contribution is -0.119. The van der Waals surface area contributed by atoms with Crippen LogP contribution in [0.4, 0.5) is 11.4 Å². The molecule has 9 heteroatoms. The van der Waals surface area contributed by atoms with E-state index in [9.17, 15) is 14.4 Å². The van der Waals surface area contributed by atoms with Gasteiger partial charge in [0.1, 0.15) is 11.3 Å². The van der Waals surface area contributed by atoms with E-state index >= 15 is 0 Å². The fourth-order valence-electron chi connectivity index (χ4n) is 3.18. The van der Waals surface area contributed by atoms with Crippen LogP contribution in [0.3, 0.4) is 0 Å². The molecule has 8 nitrogen and oxygen atoms in total. The maximum Gasteiger partial charge on any atom is 0.342 e. The number of benzene rings is 3. The van der Waals surface area contributed by atoms with E-state index in [1.807, 2.05) is 37.3 Å². The number of nitrogens with one attached hydrogen (secondary N) is 2. The zero-order valence-electron chi connectivity index (χ0n) is 18.6. The summed E-state index contributed by atoms with van der Waals surface area (Å²) in [4.78, 5) is 37.7. The zero-order valence-corrected chi connectivity index (χ0v) is 19.4. The lowest BCUT2D eigenvalue weighted by Gasteiger charge is -2.16. The Labute approximate surface area is 202 Å². The Balaban J connectivity index is 1.64. The summed E-state index contributed by atoms with van der Waals surface area (Å²) in [6, 6.07) is 18.5. The molecule has 0 aliphatic rings. The quantitative estimate of drug-likeness (QED) is 0.327. The number of nitrogen functional groups attached to an aromatic ring is 1. The summed E-state index contributed by atoms with van der Waals surface area (Å²) in [6.45, 7) is 1.28. The predicted molar refractivity (Wildman–Crippen MR) is 130 cm³/mol. The molecule has 0 aliphatic carbocycles. The van der Waals surface area contributed by atoms with Gasteiger partial charge < -0.3 is 25.8 Å². The number of rotatable bonds is 8. The van der Waals surface area contributed by atoms with Gasteiger partial charge >= 0.3 is 5.97 Å². The van der Waals surface area contributed by atoms with Gasteiger partial charge in [0, 0.05) is 6.07 Å². The summed E-state index contributed by atoms with van der Waals surface area (Å²) in [5, 5.41) is 5.67. The summed E-state index contributed by atoms with van der Waals surface area (Å²) >= 11 is 5.97. The van der Waals surface area contributed by atoms with Crippen LogP contribution in [-0.2, 0) is 9.53 Å². The van der Waals surface area contributed by atoms with Crippen LogP contribution >= 0.6 is 11.6 Å². The Morgan fingerprint density at radius 2 is 1.68 bits per heavy atom. The first kappa shape index (κ1) is 24.6. The molecule has 0 bridgehead atoms. The second-order valence-electron chi connectivity index (χ2n) is 7.35. The van der Waals surface area contributed by atoms with Crippen molar-refractivity contribution in [3.05, 3.63) is 88.4 Å². The number of methoxy groups -OCH3 is 1. The molecule has 0 fully saturated rings. The summed E-state index contributed by atoms with van der Waals surface area (Å²) < 4.78 is 10.2. The molecule has 0 heterocycles. The van der Waals surface area contributed by atoms with Gasteiger partial charge in [-0.15, -0.1) is 0 Å². The fraction of sp³-hybridized carbons (Fsp3) is 0.160. The van der Waals surface area contributed by atoms with Gasteiger partial charge in [-0.05, 0) is 30.7 Å². The molecule has 2 amide bonds. The number of anilines is 2. The molecule has 4 N–H and O–H groups in total. The molecule has 0 saturated carbocycles. The molecule has 0 saturated heterocycles. The third-order valence-corrected chi connectivity index (χ3v) is 5.29. The van der Waals surface area contributed by atoms with E-state index in [1.54, 1.807) is 24.3 Å². The Kier molecular flexibility index (Phi) is 8.10. The van der Waals surface area contributed by atoms with E-state index in [-0.39, 0.29) is 45.2 Å². The van der Waals surface area contributed by atoms with Crippen LogP contribution in [0.2, 0.25) is 5.02 Å². The number of carbonyl (C=O) groups is 3. The number of hydrogen-bond donors (Lipinski definition) is 3. The van der Waals surface area contributed by atoms with Crippen LogP contribution < -0.4 is 21.1 Å². The number of para-hydroxylation sites is 1. The molecular weight excluding hydrogens is 458 g/mol. The molecule has 0 aliphatic heterocycles. The van der Waals surface area contributed by atoms with Gasteiger partial charge in [-0.3, -0.25) is 9.59 Å². The highest BCUT2D eigenvalue weighted by molar-refractivity contribution is 6.33. The first-order valence-corrected chi connectivity index (χ1v) is 10.7. The Bertz CT molecular complexity index is 1200. The standard InChI is InChI=1S/C25H24ClN3O5/c1-15(16-8-4-3-5-9-16)28-24(31)17-10-6-7-11-21(17)29-23(30)14-34-25(32)18-12-19(26)20(27)13-22(18)33-2/h3-13,15H,14,27H2,1-2H3,(H,28,31)(H,29,30). The number of amides is 2. The molecule has 1 atom stereocenters. The van der Waals surface area contributed by atoms with Crippen molar-refractivity contribution in [3.63, 3.8) is 0 Å². The van der Waals surface area contributed by atoms with E-state index < -0.39 is 18.5 Å². The van der Waals surface area contributed by atoms with E-state index in [4.69, 9.17) is 26.8 Å². The number of ether oxygens (including phenoxy) is 2. The Morgan fingerprint density at radius 3 is 2.38 bits per heavy atom. The maximum absolute atomic E-state index is 12.8. The number of nitrogens with two attached hydrogens (primary N) is 1. The molecule has 0 aromatic heterocycles. The van der Waals surface area contributed by atoms with E-state index in [1.165, 1.54) is 19.2 Å². The third-order valence-electron chi connectivity index (χ3n) is 4.97. The van der Waals surface area contributed by atoms with Gasteiger partial charge in [-0.25, -0.2) is 4.79 Å². The number of esters is 1. The van der Waals surface area contributed by atoms with E-state index in [2.05, 4.69) is 10.6 Å². The Morgan fingerprint density at radius 1 is 1.00 bits per heavy atom. The van der Waals surface area contributed by atoms with Gasteiger partial charge in [-0.2, -0.15) is 0 Å². The fourth-order valence-corrected chi connectivity index (χ4v) is 3.35. The molecule has 3 aromatic carbocycles. The monoisotopic (exact) mass is 481 g/mol. The summed E-state index contributed by atoms with van der Waals surface area (Å²) in [6.07, 6.45) is 0. The van der Waals surface area contributed by atoms with Crippen molar-refractivity contribution in [1.29, 1.82) is 0 Å². The number of hydrogen-bond acceptors (Lipinski definition) is 6. The van der Waals surface area contributed by atoms with Crippen LogP contribution in [-0.4, -0.2) is 31.5 Å². The molecule has 3 rings (SSSR count). The lowest BCUT2D eigenvalue weighted by atomic mass is 10.1. The molecular formula is C25H24ClN3O5. The van der Waals surface area contributed by atoms with Crippen LogP contribution in [0, 0.1) is 0 Å². The van der Waals surface area contributed by atoms with Crippen molar-refractivity contribution in [2.45, 2.75) is 13.0 Å². The normalized spacial score (nSPS) is 11.3. The molecule has 0 radical (unpaired) electrons. The molecule has 34 heavy (non-hydrogen) atoms. The van der Waals surface area contributed by atoms with Crippen LogP contribution in [0.15, 0.2) is 66.7 Å². The smallest absolute Gasteiger partial charge is 0.342 e. The van der Waals surface area contributed by atoms with Crippen molar-refractivity contribution >= 4 is 40.8 Å². The van der Waals surface area contributed by atoms with Gasteiger partial charge in [0.05, 0.1) is 35.1 Å². The lowest BCUT2D eigenvalue weighted by Crippen LogP contribution is -2.28. The minimum Gasteiger partial charge on any atom is -0.496 e. The molecule has 1 unspecified atom stereocenters. The first-order chi connectivity index (χ1) is 16.3. The van der Waals surface area contributed by atoms with Crippen LogP contribution in [0.25, 0.3) is 0 Å². The van der Waals surface area contributed by atoms with Gasteiger partial charge in [0.2, 0.25) is 0 Å². The minimum absolute atomic E-state index is 0.0316. The van der Waals surface area contributed by atoms with E-state index in [0.717, 1.165) is 5.56 Å². The number of carbonyl (C=O) groups excluding carboxylic acids is 3. The van der Waals surface area contributed by atoms with Crippen molar-refractivity contribution in [2.75, 3.05) is 24.8 Å². The van der Waals surface area contributed by atoms with E-state index in [0.29, 0.717) is 0 Å². The zero-order chi connectivity index (χ0) is 24.7. The average Bonchev–Trinajstić information content (AvgIpc) is 2.84. The van der Waals surface area contributed by atoms with Crippen LogP contribution in [0.5, 0.6) is 5.75 Å².